The van der Waals surface area contributed by atoms with Crippen LogP contribution in [0.5, 0.6) is 5.75 Å². The van der Waals surface area contributed by atoms with Gasteiger partial charge in [-0.2, -0.15) is 0 Å². The highest BCUT2D eigenvalue weighted by molar-refractivity contribution is 7.07. The maximum atomic E-state index is 12.3. The van der Waals surface area contributed by atoms with Crippen LogP contribution in [0.3, 0.4) is 0 Å². The van der Waals surface area contributed by atoms with Crippen LogP contribution < -0.4 is 19.6 Å². The first-order valence-corrected chi connectivity index (χ1v) is 9.05. The van der Waals surface area contributed by atoms with Crippen molar-refractivity contribution in [3.63, 3.8) is 0 Å². The van der Waals surface area contributed by atoms with Crippen LogP contribution in [0, 0.1) is 6.92 Å². The Kier molecular flexibility index (Phi) is 4.24. The highest BCUT2D eigenvalue weighted by Gasteiger charge is 2.09. The lowest BCUT2D eigenvalue weighted by Crippen LogP contribution is -2.29. The normalized spacial score (nSPS) is 13.6. The van der Waals surface area contributed by atoms with Gasteiger partial charge in [0.05, 0.1) is 11.1 Å². The Balaban J connectivity index is 1.56. The molecule has 0 aliphatic carbocycles. The molecule has 1 aliphatic rings. The molecule has 0 saturated carbocycles. The smallest absolute Gasteiger partial charge is 0.270 e. The van der Waals surface area contributed by atoms with Crippen LogP contribution in [0.2, 0.25) is 0 Å². The molecule has 0 bridgehead atoms. The second-order valence-electron chi connectivity index (χ2n) is 6.08. The summed E-state index contributed by atoms with van der Waals surface area (Å²) in [5.41, 5.74) is 3.38. The number of nitrogens with zero attached hydrogens (tertiary/aromatic N) is 2. The Hall–Kier alpha value is -2.66. The van der Waals surface area contributed by atoms with E-state index in [1.54, 1.807) is 4.57 Å². The third-order valence-corrected chi connectivity index (χ3v) is 5.19. The number of aryl methyl sites for hydroxylation is 1. The molecular weight excluding hydrogens is 332 g/mol. The lowest BCUT2D eigenvalue weighted by molar-refractivity contribution is 0.306. The zero-order chi connectivity index (χ0) is 17.2. The summed E-state index contributed by atoms with van der Waals surface area (Å²) in [6.07, 6.45) is 1.91. The summed E-state index contributed by atoms with van der Waals surface area (Å²) < 4.78 is 8.34. The first-order valence-electron chi connectivity index (χ1n) is 8.23. The average molecular weight is 350 g/mol. The Morgan fingerprint density at radius 3 is 2.88 bits per heavy atom. The van der Waals surface area contributed by atoms with Crippen molar-refractivity contribution in [2.75, 3.05) is 6.54 Å². The lowest BCUT2D eigenvalue weighted by atomic mass is 10.1. The fraction of sp³-hybridized carbons (Fsp3) is 0.200. The zero-order valence-electron chi connectivity index (χ0n) is 13.9. The van der Waals surface area contributed by atoms with Gasteiger partial charge in [-0.15, -0.1) is 0 Å². The van der Waals surface area contributed by atoms with Gasteiger partial charge in [0.2, 0.25) is 0 Å². The number of rotatable bonds is 4. The monoisotopic (exact) mass is 350 g/mol. The van der Waals surface area contributed by atoms with Crippen LogP contribution in [0.4, 0.5) is 0 Å². The quantitative estimate of drug-likeness (QED) is 0.724. The average Bonchev–Trinajstić information content (AvgIpc) is 3.19. The molecule has 3 aromatic rings. The molecule has 0 fully saturated rings. The molecule has 2 heterocycles. The van der Waals surface area contributed by atoms with E-state index in [0.29, 0.717) is 24.2 Å². The molecule has 0 amide bonds. The van der Waals surface area contributed by atoms with Gasteiger partial charge in [-0.25, -0.2) is 0 Å². The predicted octanol–water partition coefficient (Wildman–Crippen LogP) is 2.26. The molecule has 2 aromatic carbocycles. The Morgan fingerprint density at radius 1 is 1.24 bits per heavy atom. The van der Waals surface area contributed by atoms with Crippen LogP contribution in [-0.2, 0) is 13.2 Å². The molecule has 0 saturated heterocycles. The second kappa shape index (κ2) is 6.69. The van der Waals surface area contributed by atoms with E-state index >= 15 is 0 Å². The van der Waals surface area contributed by atoms with E-state index in [2.05, 4.69) is 36.2 Å². The lowest BCUT2D eigenvalue weighted by Gasteiger charge is -2.07. The first kappa shape index (κ1) is 15.8. The molecule has 1 aromatic heterocycles. The summed E-state index contributed by atoms with van der Waals surface area (Å²) in [6.45, 7) is 4.00. The van der Waals surface area contributed by atoms with Crippen molar-refractivity contribution in [2.24, 2.45) is 4.99 Å². The van der Waals surface area contributed by atoms with Gasteiger partial charge in [-0.3, -0.25) is 14.4 Å². The highest BCUT2D eigenvalue weighted by Crippen LogP contribution is 2.16. The maximum Gasteiger partial charge on any atom is 0.270 e. The molecule has 25 heavy (non-hydrogen) atoms. The van der Waals surface area contributed by atoms with E-state index in [0.717, 1.165) is 21.7 Å². The van der Waals surface area contributed by atoms with Crippen LogP contribution >= 0.6 is 11.3 Å². The van der Waals surface area contributed by atoms with Gasteiger partial charge in [-0.1, -0.05) is 53.3 Å². The third-order valence-electron chi connectivity index (χ3n) is 4.14. The fourth-order valence-corrected chi connectivity index (χ4v) is 3.79. The second-order valence-corrected chi connectivity index (χ2v) is 7.09. The van der Waals surface area contributed by atoms with Crippen LogP contribution in [0.1, 0.15) is 16.7 Å². The van der Waals surface area contributed by atoms with Crippen molar-refractivity contribution >= 4 is 17.4 Å². The van der Waals surface area contributed by atoms with Gasteiger partial charge in [0.25, 0.3) is 5.56 Å². The van der Waals surface area contributed by atoms with E-state index in [-0.39, 0.29) is 5.56 Å². The summed E-state index contributed by atoms with van der Waals surface area (Å²) in [5, 5.41) is 0. The van der Waals surface area contributed by atoms with Gasteiger partial charge < -0.3 is 4.74 Å². The molecule has 5 heteroatoms. The number of ether oxygens (including phenoxy) is 1. The summed E-state index contributed by atoms with van der Waals surface area (Å²) in [6, 6.07) is 16.1. The van der Waals surface area contributed by atoms with Crippen molar-refractivity contribution < 1.29 is 4.74 Å². The van der Waals surface area contributed by atoms with Crippen molar-refractivity contribution in [1.82, 2.24) is 4.57 Å². The van der Waals surface area contributed by atoms with E-state index in [1.807, 2.05) is 30.3 Å². The molecule has 1 aliphatic heterocycles. The van der Waals surface area contributed by atoms with E-state index < -0.39 is 0 Å². The summed E-state index contributed by atoms with van der Waals surface area (Å²) >= 11 is 1.45. The number of hydrogen-bond acceptors (Lipinski definition) is 4. The maximum absolute atomic E-state index is 12.3. The number of thiazole rings is 1. The van der Waals surface area contributed by atoms with Gasteiger partial charge in [0, 0.05) is 6.54 Å². The first-order chi connectivity index (χ1) is 12.2. The molecule has 0 spiro atoms. The van der Waals surface area contributed by atoms with E-state index in [4.69, 9.17) is 4.74 Å². The fourth-order valence-electron chi connectivity index (χ4n) is 2.77. The molecule has 0 atom stereocenters. The molecule has 0 radical (unpaired) electrons. The minimum atomic E-state index is 0.0484. The number of fused-ring (bicyclic) bond motifs is 1. The summed E-state index contributed by atoms with van der Waals surface area (Å²) in [4.78, 5) is 17.5. The zero-order valence-corrected chi connectivity index (χ0v) is 14.8. The molecule has 0 N–H and O–H groups in total. The van der Waals surface area contributed by atoms with Crippen LogP contribution in [0.15, 0.2) is 58.3 Å². The minimum absolute atomic E-state index is 0.0484. The molecular formula is C20H18N2O2S. The van der Waals surface area contributed by atoms with Crippen LogP contribution in [0.25, 0.3) is 6.08 Å². The van der Waals surface area contributed by atoms with Gasteiger partial charge in [0.15, 0.2) is 4.80 Å². The van der Waals surface area contributed by atoms with Gasteiger partial charge in [-0.05, 0) is 36.3 Å². The Bertz CT molecular complexity index is 1080. The Morgan fingerprint density at radius 2 is 2.08 bits per heavy atom. The van der Waals surface area contributed by atoms with Crippen molar-refractivity contribution in [1.29, 1.82) is 0 Å². The molecule has 4 nitrogen and oxygen atoms in total. The van der Waals surface area contributed by atoms with Gasteiger partial charge in [0.1, 0.15) is 12.4 Å². The molecule has 0 unspecified atom stereocenters. The van der Waals surface area contributed by atoms with Crippen molar-refractivity contribution in [3.05, 3.63) is 84.9 Å². The molecule has 4 rings (SSSR count). The van der Waals surface area contributed by atoms with Gasteiger partial charge >= 0.3 is 0 Å². The number of aromatic nitrogens is 1. The Labute approximate surface area is 149 Å². The number of hydrogen-bond donors (Lipinski definition) is 0. The highest BCUT2D eigenvalue weighted by atomic mass is 32.1. The molecule has 126 valence electrons. The third kappa shape index (κ3) is 3.42. The summed E-state index contributed by atoms with van der Waals surface area (Å²) in [5.74, 6) is 0.795. The predicted molar refractivity (Wildman–Crippen MR) is 99.7 cm³/mol. The topological polar surface area (TPSA) is 43.6 Å². The standard InChI is InChI=1S/C20H18N2O2S/c1-14-5-7-15(8-6-14)13-24-17-4-2-3-16(11-17)12-18-19(23)22-10-9-21-20(22)25-18/h2-8,11-12H,9-10,13H2,1H3. The number of benzene rings is 2. The summed E-state index contributed by atoms with van der Waals surface area (Å²) in [7, 11) is 0. The van der Waals surface area contributed by atoms with Crippen molar-refractivity contribution in [3.8, 4) is 5.75 Å². The SMILES string of the molecule is Cc1ccc(COc2cccc(C=c3sc4n(c3=O)CCN=4)c2)cc1. The van der Waals surface area contributed by atoms with E-state index in [9.17, 15) is 4.79 Å². The van der Waals surface area contributed by atoms with E-state index in [1.165, 1.54) is 16.9 Å². The van der Waals surface area contributed by atoms with Crippen LogP contribution in [-0.4, -0.2) is 11.1 Å². The minimum Gasteiger partial charge on any atom is -0.489 e. The van der Waals surface area contributed by atoms with Crippen molar-refractivity contribution in [2.45, 2.75) is 20.1 Å². The largest absolute Gasteiger partial charge is 0.489 e.